The SMILES string of the molecule is O=C1NC2=C(C(=O)N(CCCc3ccccc3)C2)[C@@H](c2ccc(Cl)cc2)N1. The largest absolute Gasteiger partial charge is 0.333 e. The van der Waals surface area contributed by atoms with Crippen molar-refractivity contribution in [3.8, 4) is 0 Å². The monoisotopic (exact) mass is 381 g/mol. The summed E-state index contributed by atoms with van der Waals surface area (Å²) in [7, 11) is 0. The summed E-state index contributed by atoms with van der Waals surface area (Å²) < 4.78 is 0. The number of nitrogens with zero attached hydrogens (tertiary/aromatic N) is 1. The van der Waals surface area contributed by atoms with E-state index in [1.54, 1.807) is 12.1 Å². The highest BCUT2D eigenvalue weighted by Gasteiger charge is 2.40. The molecule has 0 saturated carbocycles. The number of aryl methyl sites for hydroxylation is 1. The summed E-state index contributed by atoms with van der Waals surface area (Å²) in [6.45, 7) is 1.10. The first-order valence-corrected chi connectivity index (χ1v) is 9.39. The van der Waals surface area contributed by atoms with Gasteiger partial charge in [0.2, 0.25) is 0 Å². The molecule has 2 aromatic rings. The number of rotatable bonds is 5. The molecule has 2 N–H and O–H groups in total. The van der Waals surface area contributed by atoms with E-state index in [1.807, 2.05) is 35.2 Å². The molecule has 138 valence electrons. The summed E-state index contributed by atoms with van der Waals surface area (Å²) in [5, 5.41) is 6.28. The van der Waals surface area contributed by atoms with Crippen LogP contribution in [0.2, 0.25) is 5.02 Å². The zero-order chi connectivity index (χ0) is 18.8. The normalized spacial score (nSPS) is 19.0. The molecule has 5 nitrogen and oxygen atoms in total. The first kappa shape index (κ1) is 17.6. The van der Waals surface area contributed by atoms with Gasteiger partial charge in [0.15, 0.2) is 0 Å². The van der Waals surface area contributed by atoms with Gasteiger partial charge in [-0.1, -0.05) is 54.1 Å². The third-order valence-corrected chi connectivity index (χ3v) is 5.21. The van der Waals surface area contributed by atoms with E-state index >= 15 is 0 Å². The number of carbonyl (C=O) groups is 2. The molecule has 6 heteroatoms. The number of hydrogen-bond acceptors (Lipinski definition) is 2. The van der Waals surface area contributed by atoms with Gasteiger partial charge in [-0.25, -0.2) is 4.79 Å². The molecule has 0 aromatic heterocycles. The maximum absolute atomic E-state index is 13.0. The van der Waals surface area contributed by atoms with Crippen LogP contribution in [-0.2, 0) is 11.2 Å². The summed E-state index contributed by atoms with van der Waals surface area (Å²) in [4.78, 5) is 26.9. The van der Waals surface area contributed by atoms with Crippen LogP contribution in [0, 0.1) is 0 Å². The lowest BCUT2D eigenvalue weighted by atomic mass is 9.96. The molecular formula is C21H20ClN3O2. The van der Waals surface area contributed by atoms with Crippen molar-refractivity contribution in [2.75, 3.05) is 13.1 Å². The smallest absolute Gasteiger partial charge is 0.319 e. The van der Waals surface area contributed by atoms with E-state index in [9.17, 15) is 9.59 Å². The Morgan fingerprint density at radius 1 is 1.04 bits per heavy atom. The van der Waals surface area contributed by atoms with Crippen LogP contribution < -0.4 is 10.6 Å². The average Bonchev–Trinajstić information content (AvgIpc) is 2.98. The minimum atomic E-state index is -0.447. The number of halogens is 1. The van der Waals surface area contributed by atoms with E-state index in [1.165, 1.54) is 5.56 Å². The Morgan fingerprint density at radius 2 is 1.78 bits per heavy atom. The van der Waals surface area contributed by atoms with Gasteiger partial charge in [-0.05, 0) is 36.1 Å². The second-order valence-corrected chi connectivity index (χ2v) is 7.23. The van der Waals surface area contributed by atoms with E-state index in [0.29, 0.717) is 29.4 Å². The zero-order valence-electron chi connectivity index (χ0n) is 14.7. The van der Waals surface area contributed by atoms with Crippen molar-refractivity contribution in [2.45, 2.75) is 18.9 Å². The van der Waals surface area contributed by atoms with Crippen molar-refractivity contribution in [1.29, 1.82) is 0 Å². The van der Waals surface area contributed by atoms with Crippen LogP contribution in [0.3, 0.4) is 0 Å². The van der Waals surface area contributed by atoms with Gasteiger partial charge in [0, 0.05) is 11.6 Å². The van der Waals surface area contributed by atoms with Crippen LogP contribution >= 0.6 is 11.6 Å². The fraction of sp³-hybridized carbons (Fsp3) is 0.238. The molecule has 0 aliphatic carbocycles. The first-order valence-electron chi connectivity index (χ1n) is 9.01. The van der Waals surface area contributed by atoms with Crippen molar-refractivity contribution in [2.24, 2.45) is 0 Å². The molecular weight excluding hydrogens is 362 g/mol. The lowest BCUT2D eigenvalue weighted by Crippen LogP contribution is -2.44. The molecule has 3 amide bonds. The van der Waals surface area contributed by atoms with Gasteiger partial charge in [-0.3, -0.25) is 4.79 Å². The van der Waals surface area contributed by atoms with E-state index in [-0.39, 0.29) is 11.9 Å². The van der Waals surface area contributed by atoms with Gasteiger partial charge in [0.1, 0.15) is 0 Å². The maximum Gasteiger partial charge on any atom is 0.319 e. The van der Waals surface area contributed by atoms with Gasteiger partial charge in [-0.2, -0.15) is 0 Å². The lowest BCUT2D eigenvalue weighted by molar-refractivity contribution is -0.125. The predicted octanol–water partition coefficient (Wildman–Crippen LogP) is 3.42. The number of carbonyl (C=O) groups excluding carboxylic acids is 2. The van der Waals surface area contributed by atoms with E-state index in [2.05, 4.69) is 22.8 Å². The van der Waals surface area contributed by atoms with E-state index < -0.39 is 6.04 Å². The van der Waals surface area contributed by atoms with Crippen LogP contribution in [0.5, 0.6) is 0 Å². The maximum atomic E-state index is 13.0. The molecule has 2 aromatic carbocycles. The topological polar surface area (TPSA) is 61.4 Å². The highest BCUT2D eigenvalue weighted by atomic mass is 35.5. The summed E-state index contributed by atoms with van der Waals surface area (Å²) in [5.41, 5.74) is 3.43. The second kappa shape index (κ2) is 7.45. The van der Waals surface area contributed by atoms with Crippen molar-refractivity contribution >= 4 is 23.5 Å². The predicted molar refractivity (Wildman–Crippen MR) is 104 cm³/mol. The molecule has 0 unspecified atom stereocenters. The van der Waals surface area contributed by atoms with Gasteiger partial charge < -0.3 is 15.5 Å². The van der Waals surface area contributed by atoms with Gasteiger partial charge >= 0.3 is 6.03 Å². The number of benzene rings is 2. The number of amides is 3. The number of hydrogen-bond donors (Lipinski definition) is 2. The Labute approximate surface area is 163 Å². The number of nitrogens with one attached hydrogen (secondary N) is 2. The Hall–Kier alpha value is -2.79. The van der Waals surface area contributed by atoms with Crippen molar-refractivity contribution in [3.05, 3.63) is 82.0 Å². The fourth-order valence-corrected chi connectivity index (χ4v) is 3.76. The summed E-state index contributed by atoms with van der Waals surface area (Å²) in [6, 6.07) is 16.7. The van der Waals surface area contributed by atoms with Crippen molar-refractivity contribution < 1.29 is 9.59 Å². The third kappa shape index (κ3) is 3.69. The highest BCUT2D eigenvalue weighted by Crippen LogP contribution is 2.33. The molecule has 1 atom stereocenters. The van der Waals surface area contributed by atoms with Crippen molar-refractivity contribution in [3.63, 3.8) is 0 Å². The molecule has 0 fully saturated rings. The van der Waals surface area contributed by atoms with Crippen molar-refractivity contribution in [1.82, 2.24) is 15.5 Å². The van der Waals surface area contributed by atoms with Gasteiger partial charge in [0.25, 0.3) is 5.91 Å². The quantitative estimate of drug-likeness (QED) is 0.833. The van der Waals surface area contributed by atoms with Crippen LogP contribution in [-0.4, -0.2) is 29.9 Å². The minimum Gasteiger partial charge on any atom is -0.333 e. The Balaban J connectivity index is 1.47. The van der Waals surface area contributed by atoms with Gasteiger partial charge in [-0.15, -0.1) is 0 Å². The molecule has 0 bridgehead atoms. The lowest BCUT2D eigenvalue weighted by Gasteiger charge is -2.25. The Morgan fingerprint density at radius 3 is 2.52 bits per heavy atom. The molecule has 0 saturated heterocycles. The Kier molecular flexibility index (Phi) is 4.86. The molecule has 0 radical (unpaired) electrons. The first-order chi connectivity index (χ1) is 13.1. The number of urea groups is 1. The van der Waals surface area contributed by atoms with Crippen LogP contribution in [0.1, 0.15) is 23.6 Å². The summed E-state index contributed by atoms with van der Waals surface area (Å²) in [5.74, 6) is -0.0227. The van der Waals surface area contributed by atoms with E-state index in [4.69, 9.17) is 11.6 Å². The molecule has 4 rings (SSSR count). The van der Waals surface area contributed by atoms with Crippen LogP contribution in [0.25, 0.3) is 0 Å². The standard InChI is InChI=1S/C21H20ClN3O2/c22-16-10-8-15(9-11-16)19-18-17(23-21(27)24-19)13-25(20(18)26)12-4-7-14-5-2-1-3-6-14/h1-3,5-6,8-11,19H,4,7,12-13H2,(H2,23,24,27)/t19-/m1/s1. The minimum absolute atomic E-state index is 0.0227. The second-order valence-electron chi connectivity index (χ2n) is 6.79. The Bertz CT molecular complexity index is 893. The van der Waals surface area contributed by atoms with Crippen LogP contribution in [0.15, 0.2) is 65.9 Å². The fourth-order valence-electron chi connectivity index (χ4n) is 3.63. The zero-order valence-corrected chi connectivity index (χ0v) is 15.5. The van der Waals surface area contributed by atoms with Gasteiger partial charge in [0.05, 0.1) is 23.9 Å². The summed E-state index contributed by atoms with van der Waals surface area (Å²) in [6.07, 6.45) is 1.80. The molecule has 0 spiro atoms. The molecule has 2 aliphatic rings. The molecule has 2 heterocycles. The highest BCUT2D eigenvalue weighted by molar-refractivity contribution is 6.30. The molecule has 27 heavy (non-hydrogen) atoms. The third-order valence-electron chi connectivity index (χ3n) is 4.96. The summed E-state index contributed by atoms with van der Waals surface area (Å²) >= 11 is 5.96. The van der Waals surface area contributed by atoms with E-state index in [0.717, 1.165) is 18.4 Å². The average molecular weight is 382 g/mol. The van der Waals surface area contributed by atoms with Crippen LogP contribution in [0.4, 0.5) is 4.79 Å². The molecule has 2 aliphatic heterocycles.